The first-order valence-electron chi connectivity index (χ1n) is 9.60. The molecule has 2 atom stereocenters. The summed E-state index contributed by atoms with van der Waals surface area (Å²) in [6.45, 7) is 6.46. The summed E-state index contributed by atoms with van der Waals surface area (Å²) in [6.07, 6.45) is 0.435. The highest BCUT2D eigenvalue weighted by Gasteiger charge is 2.22. The van der Waals surface area contributed by atoms with Gasteiger partial charge >= 0.3 is 6.03 Å². The number of benzene rings is 2. The molecule has 1 aliphatic heterocycles. The van der Waals surface area contributed by atoms with Crippen molar-refractivity contribution in [3.63, 3.8) is 0 Å². The van der Waals surface area contributed by atoms with Crippen molar-refractivity contribution >= 4 is 17.4 Å². The second-order valence-electron chi connectivity index (χ2n) is 7.34. The van der Waals surface area contributed by atoms with Crippen LogP contribution in [0, 0.1) is 0 Å². The van der Waals surface area contributed by atoms with Crippen LogP contribution < -0.4 is 15.0 Å². The Labute approximate surface area is 167 Å². The predicted octanol–water partition coefficient (Wildman–Crippen LogP) is 3.97. The van der Waals surface area contributed by atoms with E-state index < -0.39 is 0 Å². The Morgan fingerprint density at radius 1 is 1.11 bits per heavy atom. The fourth-order valence-corrected chi connectivity index (χ4v) is 3.44. The topological polar surface area (TPSA) is 54.0 Å². The van der Waals surface area contributed by atoms with Crippen LogP contribution in [0.1, 0.15) is 19.4 Å². The van der Waals surface area contributed by atoms with Crippen molar-refractivity contribution in [2.45, 2.75) is 32.6 Å². The monoisotopic (exact) mass is 383 g/mol. The number of hydrogen-bond acceptors (Lipinski definition) is 4. The summed E-state index contributed by atoms with van der Waals surface area (Å²) in [7, 11) is 3.42. The van der Waals surface area contributed by atoms with Crippen molar-refractivity contribution in [2.24, 2.45) is 0 Å². The van der Waals surface area contributed by atoms with Gasteiger partial charge in [0, 0.05) is 38.1 Å². The minimum absolute atomic E-state index is 0.141. The van der Waals surface area contributed by atoms with Gasteiger partial charge in [0.05, 0.1) is 19.3 Å². The number of morpholine rings is 1. The molecule has 6 nitrogen and oxygen atoms in total. The lowest BCUT2D eigenvalue weighted by molar-refractivity contribution is -0.00521. The number of urea groups is 1. The lowest BCUT2D eigenvalue weighted by Crippen LogP contribution is -2.45. The molecule has 0 aliphatic carbocycles. The average Bonchev–Trinajstić information content (AvgIpc) is 2.68. The summed E-state index contributed by atoms with van der Waals surface area (Å²) < 4.78 is 11.0. The Morgan fingerprint density at radius 3 is 2.29 bits per heavy atom. The Hall–Kier alpha value is -2.73. The molecule has 2 amide bonds. The first-order valence-corrected chi connectivity index (χ1v) is 9.60. The number of nitrogens with one attached hydrogen (secondary N) is 1. The molecule has 1 saturated heterocycles. The maximum Gasteiger partial charge on any atom is 0.321 e. The van der Waals surface area contributed by atoms with Crippen LogP contribution >= 0.6 is 0 Å². The second-order valence-corrected chi connectivity index (χ2v) is 7.34. The van der Waals surface area contributed by atoms with Crippen LogP contribution in [0.2, 0.25) is 0 Å². The van der Waals surface area contributed by atoms with E-state index in [1.165, 1.54) is 0 Å². The molecule has 0 bridgehead atoms. The molecule has 1 aliphatic rings. The Morgan fingerprint density at radius 2 is 1.71 bits per heavy atom. The Balaban J connectivity index is 1.56. The average molecular weight is 383 g/mol. The van der Waals surface area contributed by atoms with E-state index in [4.69, 9.17) is 9.47 Å². The van der Waals surface area contributed by atoms with Crippen LogP contribution in [0.4, 0.5) is 16.2 Å². The van der Waals surface area contributed by atoms with Gasteiger partial charge in [0.25, 0.3) is 0 Å². The maximum absolute atomic E-state index is 12.5. The Kier molecular flexibility index (Phi) is 6.41. The molecule has 3 rings (SSSR count). The molecule has 1 fully saturated rings. The fourth-order valence-electron chi connectivity index (χ4n) is 3.44. The first kappa shape index (κ1) is 20.0. The van der Waals surface area contributed by atoms with Gasteiger partial charge in [0.1, 0.15) is 5.75 Å². The molecular weight excluding hydrogens is 354 g/mol. The van der Waals surface area contributed by atoms with Crippen molar-refractivity contribution < 1.29 is 14.3 Å². The lowest BCUT2D eigenvalue weighted by Gasteiger charge is -2.36. The molecule has 0 saturated carbocycles. The van der Waals surface area contributed by atoms with Gasteiger partial charge in [0.15, 0.2) is 0 Å². The number of amides is 2. The van der Waals surface area contributed by atoms with E-state index in [1.807, 2.05) is 48.5 Å². The predicted molar refractivity (Wildman–Crippen MR) is 112 cm³/mol. The minimum Gasteiger partial charge on any atom is -0.497 e. The molecule has 2 aromatic rings. The van der Waals surface area contributed by atoms with Crippen LogP contribution in [0.5, 0.6) is 5.75 Å². The molecule has 1 heterocycles. The Bertz CT molecular complexity index is 767. The first-order chi connectivity index (χ1) is 13.4. The van der Waals surface area contributed by atoms with Gasteiger partial charge in [0.2, 0.25) is 0 Å². The smallest absolute Gasteiger partial charge is 0.321 e. The third kappa shape index (κ3) is 5.16. The highest BCUT2D eigenvalue weighted by atomic mass is 16.5. The molecule has 2 aromatic carbocycles. The summed E-state index contributed by atoms with van der Waals surface area (Å²) in [5.41, 5.74) is 2.97. The van der Waals surface area contributed by atoms with E-state index in [-0.39, 0.29) is 18.2 Å². The van der Waals surface area contributed by atoms with Gasteiger partial charge in [-0.05, 0) is 55.8 Å². The van der Waals surface area contributed by atoms with E-state index >= 15 is 0 Å². The van der Waals surface area contributed by atoms with Gasteiger partial charge in [-0.25, -0.2) is 4.79 Å². The molecule has 0 aromatic heterocycles. The molecule has 150 valence electrons. The molecule has 0 spiro atoms. The quantitative estimate of drug-likeness (QED) is 0.849. The van der Waals surface area contributed by atoms with Gasteiger partial charge in [-0.2, -0.15) is 0 Å². The highest BCUT2D eigenvalue weighted by Crippen LogP contribution is 2.22. The molecule has 28 heavy (non-hydrogen) atoms. The highest BCUT2D eigenvalue weighted by molar-refractivity contribution is 5.89. The number of nitrogens with zero attached hydrogens (tertiary/aromatic N) is 2. The van der Waals surface area contributed by atoms with Crippen molar-refractivity contribution in [1.82, 2.24) is 4.90 Å². The molecule has 0 radical (unpaired) electrons. The van der Waals surface area contributed by atoms with E-state index in [1.54, 1.807) is 19.1 Å². The minimum atomic E-state index is -0.141. The number of methoxy groups -OCH3 is 1. The third-order valence-electron chi connectivity index (χ3n) is 4.83. The van der Waals surface area contributed by atoms with Crippen molar-refractivity contribution in [3.8, 4) is 5.75 Å². The number of carbonyl (C=O) groups is 1. The molecule has 2 unspecified atom stereocenters. The SMILES string of the molecule is COc1ccc(CN(C)C(=O)Nc2ccc(N3CC(C)OC(C)C3)cc2)cc1. The zero-order chi connectivity index (χ0) is 20.1. The van der Waals surface area contributed by atoms with Crippen LogP contribution in [0.15, 0.2) is 48.5 Å². The normalized spacial score (nSPS) is 19.2. The van der Waals surface area contributed by atoms with Crippen molar-refractivity contribution in [3.05, 3.63) is 54.1 Å². The summed E-state index contributed by atoms with van der Waals surface area (Å²) in [4.78, 5) is 16.4. The van der Waals surface area contributed by atoms with Gasteiger partial charge in [-0.1, -0.05) is 12.1 Å². The van der Waals surface area contributed by atoms with Crippen LogP contribution in [-0.4, -0.2) is 50.4 Å². The summed E-state index contributed by atoms with van der Waals surface area (Å²) in [6, 6.07) is 15.5. The van der Waals surface area contributed by atoms with Gasteiger partial charge in [-0.3, -0.25) is 0 Å². The number of ether oxygens (including phenoxy) is 2. The van der Waals surface area contributed by atoms with Gasteiger partial charge < -0.3 is 24.6 Å². The zero-order valence-corrected chi connectivity index (χ0v) is 17.0. The van der Waals surface area contributed by atoms with Crippen LogP contribution in [0.25, 0.3) is 0 Å². The summed E-state index contributed by atoms with van der Waals surface area (Å²) >= 11 is 0. The third-order valence-corrected chi connectivity index (χ3v) is 4.83. The van der Waals surface area contributed by atoms with E-state index in [0.717, 1.165) is 35.8 Å². The second kappa shape index (κ2) is 8.97. The van der Waals surface area contributed by atoms with Crippen molar-refractivity contribution in [2.75, 3.05) is 37.5 Å². The number of hydrogen-bond donors (Lipinski definition) is 1. The number of carbonyl (C=O) groups excluding carboxylic acids is 1. The maximum atomic E-state index is 12.5. The van der Waals surface area contributed by atoms with Crippen LogP contribution in [-0.2, 0) is 11.3 Å². The molecule has 6 heteroatoms. The van der Waals surface area contributed by atoms with Gasteiger partial charge in [-0.15, -0.1) is 0 Å². The largest absolute Gasteiger partial charge is 0.497 e. The van der Waals surface area contributed by atoms with Crippen LogP contribution in [0.3, 0.4) is 0 Å². The summed E-state index contributed by atoms with van der Waals surface area (Å²) in [5, 5.41) is 2.95. The molecule has 1 N–H and O–H groups in total. The molecular formula is C22H29N3O3. The standard InChI is InChI=1S/C22H29N3O3/c1-16-13-25(14-17(2)28-16)20-9-7-19(8-10-20)23-22(26)24(3)15-18-5-11-21(27-4)12-6-18/h5-12,16-17H,13-15H2,1-4H3,(H,23,26). The summed E-state index contributed by atoms with van der Waals surface area (Å²) in [5.74, 6) is 0.806. The van der Waals surface area contributed by atoms with Crippen molar-refractivity contribution in [1.29, 1.82) is 0 Å². The lowest BCUT2D eigenvalue weighted by atomic mass is 10.2. The zero-order valence-electron chi connectivity index (χ0n) is 17.0. The number of rotatable bonds is 5. The van der Waals surface area contributed by atoms with E-state index in [9.17, 15) is 4.79 Å². The van der Waals surface area contributed by atoms with E-state index in [0.29, 0.717) is 6.54 Å². The number of anilines is 2. The van der Waals surface area contributed by atoms with E-state index in [2.05, 4.69) is 24.1 Å². The fraction of sp³-hybridized carbons (Fsp3) is 0.409.